The van der Waals surface area contributed by atoms with Gasteiger partial charge < -0.3 is 10.6 Å². The van der Waals surface area contributed by atoms with E-state index in [1.165, 1.54) is 36.4 Å². The first-order chi connectivity index (χ1) is 16.8. The maximum absolute atomic E-state index is 13.1. The van der Waals surface area contributed by atoms with E-state index in [9.17, 15) is 28.4 Å². The molecule has 1 saturated carbocycles. The molecule has 2 fully saturated rings. The second kappa shape index (κ2) is 10.0. The van der Waals surface area contributed by atoms with Crippen molar-refractivity contribution in [2.24, 2.45) is 5.92 Å². The average molecular weight is 480 g/mol. The number of anilines is 2. The Bertz CT molecular complexity index is 1180. The number of halogens is 1. The summed E-state index contributed by atoms with van der Waals surface area (Å²) in [5.74, 6) is -3.61. The van der Waals surface area contributed by atoms with Crippen LogP contribution in [-0.2, 0) is 14.4 Å². The molecule has 10 heteroatoms. The third kappa shape index (κ3) is 5.06. The molecule has 2 aliphatic rings. The van der Waals surface area contributed by atoms with Gasteiger partial charge in [-0.1, -0.05) is 31.9 Å². The Balaban J connectivity index is 1.44. The zero-order valence-electron chi connectivity index (χ0n) is 19.1. The molecule has 0 radical (unpaired) electrons. The minimum absolute atomic E-state index is 0.0738. The summed E-state index contributed by atoms with van der Waals surface area (Å²) in [6.07, 6.45) is 3.34. The summed E-state index contributed by atoms with van der Waals surface area (Å²) in [7, 11) is 0. The SMILES string of the molecule is C[C@H]1CCCC[C@@H]1N1C(=O)C(=O)N(CC(=O)Nc2ccccc2C(=O)Nc2ccc(F)cc2)C1=O. The van der Waals surface area contributed by atoms with Gasteiger partial charge in [-0.25, -0.2) is 14.1 Å². The number of para-hydroxylation sites is 1. The van der Waals surface area contributed by atoms with Gasteiger partial charge in [0.25, 0.3) is 5.91 Å². The largest absolute Gasteiger partial charge is 0.334 e. The van der Waals surface area contributed by atoms with Crippen LogP contribution in [0.4, 0.5) is 20.6 Å². The Labute approximate surface area is 201 Å². The first-order valence-electron chi connectivity index (χ1n) is 11.4. The van der Waals surface area contributed by atoms with Gasteiger partial charge in [0.05, 0.1) is 11.3 Å². The standard InChI is InChI=1S/C25H25FN4O5/c1-15-6-2-5-9-20(15)30-24(34)23(33)29(25(30)35)14-21(31)28-19-8-4-3-7-18(19)22(32)27-17-12-10-16(26)11-13-17/h3-4,7-8,10-13,15,20H,2,5-6,9,14H2,1H3,(H,27,32)(H,28,31)/t15-,20-/m0/s1. The molecule has 1 aliphatic carbocycles. The average Bonchev–Trinajstić information content (AvgIpc) is 3.04. The Morgan fingerprint density at radius 2 is 1.63 bits per heavy atom. The van der Waals surface area contributed by atoms with Gasteiger partial charge in [-0.2, -0.15) is 0 Å². The van der Waals surface area contributed by atoms with E-state index in [-0.39, 0.29) is 23.2 Å². The summed E-state index contributed by atoms with van der Waals surface area (Å²) in [4.78, 5) is 65.0. The summed E-state index contributed by atoms with van der Waals surface area (Å²) in [5.41, 5.74) is 0.639. The molecule has 4 rings (SSSR count). The molecule has 2 N–H and O–H groups in total. The smallest absolute Gasteiger partial charge is 0.324 e. The Morgan fingerprint density at radius 1 is 0.943 bits per heavy atom. The molecule has 0 unspecified atom stereocenters. The van der Waals surface area contributed by atoms with Gasteiger partial charge in [0.2, 0.25) is 5.91 Å². The number of hydrogen-bond donors (Lipinski definition) is 2. The van der Waals surface area contributed by atoms with Crippen LogP contribution in [0.15, 0.2) is 48.5 Å². The van der Waals surface area contributed by atoms with Crippen molar-refractivity contribution < 1.29 is 28.4 Å². The first-order valence-corrected chi connectivity index (χ1v) is 11.4. The second-order valence-electron chi connectivity index (χ2n) is 8.73. The molecule has 9 nitrogen and oxygen atoms in total. The van der Waals surface area contributed by atoms with Gasteiger partial charge in [-0.05, 0) is 55.2 Å². The van der Waals surface area contributed by atoms with Crippen molar-refractivity contribution in [3.05, 3.63) is 59.9 Å². The van der Waals surface area contributed by atoms with Gasteiger partial charge in [0.1, 0.15) is 12.4 Å². The molecule has 1 saturated heterocycles. The Hall–Kier alpha value is -4.08. The quantitative estimate of drug-likeness (QED) is 0.486. The van der Waals surface area contributed by atoms with E-state index in [1.807, 2.05) is 6.92 Å². The third-order valence-corrected chi connectivity index (χ3v) is 6.33. The number of urea groups is 1. The molecule has 6 amide bonds. The summed E-state index contributed by atoms with van der Waals surface area (Å²) in [6, 6.07) is 10.2. The molecule has 2 atom stereocenters. The number of benzene rings is 2. The number of carbonyl (C=O) groups excluding carboxylic acids is 5. The topological polar surface area (TPSA) is 116 Å². The highest BCUT2D eigenvalue weighted by atomic mass is 19.1. The van der Waals surface area contributed by atoms with Gasteiger partial charge in [-0.15, -0.1) is 0 Å². The van der Waals surface area contributed by atoms with Crippen molar-refractivity contribution in [2.75, 3.05) is 17.2 Å². The first kappa shape index (κ1) is 24.1. The summed E-state index contributed by atoms with van der Waals surface area (Å²) < 4.78 is 13.1. The lowest BCUT2D eigenvalue weighted by Crippen LogP contribution is -2.46. The van der Waals surface area contributed by atoms with Crippen molar-refractivity contribution in [1.29, 1.82) is 0 Å². The van der Waals surface area contributed by atoms with Crippen LogP contribution < -0.4 is 10.6 Å². The fourth-order valence-corrected chi connectivity index (χ4v) is 4.49. The van der Waals surface area contributed by atoms with Gasteiger partial charge >= 0.3 is 17.8 Å². The molecule has 1 aliphatic heterocycles. The minimum Gasteiger partial charge on any atom is -0.324 e. The van der Waals surface area contributed by atoms with E-state index in [0.717, 1.165) is 24.2 Å². The van der Waals surface area contributed by atoms with Crippen molar-refractivity contribution in [3.8, 4) is 0 Å². The number of rotatable bonds is 6. The lowest BCUT2D eigenvalue weighted by molar-refractivity contribution is -0.145. The van der Waals surface area contributed by atoms with E-state index in [0.29, 0.717) is 17.0 Å². The van der Waals surface area contributed by atoms with Crippen molar-refractivity contribution in [3.63, 3.8) is 0 Å². The molecule has 1 heterocycles. The number of hydrogen-bond acceptors (Lipinski definition) is 5. The second-order valence-corrected chi connectivity index (χ2v) is 8.73. The Kier molecular flexibility index (Phi) is 6.90. The number of imide groups is 2. The predicted molar refractivity (Wildman–Crippen MR) is 125 cm³/mol. The van der Waals surface area contributed by atoms with E-state index in [1.54, 1.807) is 12.1 Å². The van der Waals surface area contributed by atoms with Crippen LogP contribution in [0.1, 0.15) is 43.0 Å². The summed E-state index contributed by atoms with van der Waals surface area (Å²) in [5, 5.41) is 5.15. The molecule has 2 aromatic carbocycles. The zero-order chi connectivity index (χ0) is 25.1. The van der Waals surface area contributed by atoms with Crippen LogP contribution in [0.25, 0.3) is 0 Å². The van der Waals surface area contributed by atoms with E-state index in [4.69, 9.17) is 0 Å². The third-order valence-electron chi connectivity index (χ3n) is 6.33. The Morgan fingerprint density at radius 3 is 2.34 bits per heavy atom. The molecule has 35 heavy (non-hydrogen) atoms. The molecule has 0 bridgehead atoms. The summed E-state index contributed by atoms with van der Waals surface area (Å²) >= 11 is 0. The van der Waals surface area contributed by atoms with Crippen LogP contribution in [0, 0.1) is 11.7 Å². The lowest BCUT2D eigenvalue weighted by Gasteiger charge is -2.34. The van der Waals surface area contributed by atoms with Gasteiger partial charge in [-0.3, -0.25) is 24.1 Å². The van der Waals surface area contributed by atoms with Crippen molar-refractivity contribution >= 4 is 41.0 Å². The number of nitrogens with one attached hydrogen (secondary N) is 2. The summed E-state index contributed by atoms with van der Waals surface area (Å²) in [6.45, 7) is 1.28. The molecule has 0 spiro atoms. The highest BCUT2D eigenvalue weighted by Crippen LogP contribution is 2.31. The number of carbonyl (C=O) groups is 5. The molecule has 2 aromatic rings. The maximum atomic E-state index is 13.1. The highest BCUT2D eigenvalue weighted by Gasteiger charge is 2.49. The monoisotopic (exact) mass is 480 g/mol. The highest BCUT2D eigenvalue weighted by molar-refractivity contribution is 6.45. The van der Waals surface area contributed by atoms with E-state index < -0.39 is 42.0 Å². The lowest BCUT2D eigenvalue weighted by atomic mass is 9.85. The maximum Gasteiger partial charge on any atom is 0.334 e. The molecular formula is C25H25FN4O5. The van der Waals surface area contributed by atoms with Crippen molar-refractivity contribution in [1.82, 2.24) is 9.80 Å². The van der Waals surface area contributed by atoms with E-state index >= 15 is 0 Å². The van der Waals surface area contributed by atoms with Gasteiger partial charge in [0, 0.05) is 11.7 Å². The van der Waals surface area contributed by atoms with Crippen LogP contribution in [0.3, 0.4) is 0 Å². The van der Waals surface area contributed by atoms with Gasteiger partial charge in [0.15, 0.2) is 0 Å². The van der Waals surface area contributed by atoms with Crippen molar-refractivity contribution in [2.45, 2.75) is 38.6 Å². The fraction of sp³-hybridized carbons (Fsp3) is 0.320. The normalized spacial score (nSPS) is 20.2. The van der Waals surface area contributed by atoms with Crippen LogP contribution >= 0.6 is 0 Å². The van der Waals surface area contributed by atoms with Crippen LogP contribution in [0.5, 0.6) is 0 Å². The predicted octanol–water partition coefficient (Wildman–Crippen LogP) is 3.39. The fourth-order valence-electron chi connectivity index (χ4n) is 4.49. The molecule has 0 aromatic heterocycles. The zero-order valence-corrected chi connectivity index (χ0v) is 19.1. The van der Waals surface area contributed by atoms with E-state index in [2.05, 4.69) is 10.6 Å². The molecular weight excluding hydrogens is 455 g/mol. The number of amides is 6. The van der Waals surface area contributed by atoms with Crippen LogP contribution in [-0.4, -0.2) is 52.0 Å². The molecule has 182 valence electrons. The van der Waals surface area contributed by atoms with Crippen LogP contribution in [0.2, 0.25) is 0 Å². The number of nitrogens with zero attached hydrogens (tertiary/aromatic N) is 2. The minimum atomic E-state index is -1.04.